The molecule has 2 N–H and O–H groups in total. The number of hydrogen-bond acceptors (Lipinski definition) is 3. The van der Waals surface area contributed by atoms with E-state index in [2.05, 4.69) is 5.32 Å². The molecule has 1 heterocycles. The molecule has 0 radical (unpaired) electrons. The minimum atomic E-state index is -0.803. The number of furan rings is 1. The van der Waals surface area contributed by atoms with Gasteiger partial charge in [0.1, 0.15) is 0 Å². The molecule has 0 aromatic carbocycles. The maximum atomic E-state index is 11.8. The number of halogens is 1. The molecule has 2 unspecified atom stereocenters. The van der Waals surface area contributed by atoms with Crippen LogP contribution in [0.15, 0.2) is 16.7 Å². The second-order valence-corrected chi connectivity index (χ2v) is 4.47. The Labute approximate surface area is 103 Å². The van der Waals surface area contributed by atoms with Gasteiger partial charge in [-0.2, -0.15) is 0 Å². The van der Waals surface area contributed by atoms with Gasteiger partial charge >= 0.3 is 5.97 Å². The molecule has 0 spiro atoms. The second kappa shape index (κ2) is 4.79. The summed E-state index contributed by atoms with van der Waals surface area (Å²) in [6.07, 6.45) is 3.08. The molecule has 17 heavy (non-hydrogen) atoms. The van der Waals surface area contributed by atoms with Gasteiger partial charge in [0.15, 0.2) is 0 Å². The van der Waals surface area contributed by atoms with Gasteiger partial charge in [0.05, 0.1) is 17.7 Å². The minimum absolute atomic E-state index is 0.0512. The van der Waals surface area contributed by atoms with Crippen molar-refractivity contribution in [1.82, 2.24) is 5.32 Å². The van der Waals surface area contributed by atoms with Gasteiger partial charge in [-0.15, -0.1) is 0 Å². The van der Waals surface area contributed by atoms with E-state index in [1.807, 2.05) is 0 Å². The Morgan fingerprint density at radius 1 is 1.47 bits per heavy atom. The Morgan fingerprint density at radius 2 is 2.24 bits per heavy atom. The number of nitrogens with one attached hydrogen (secondary N) is 1. The smallest absolute Gasteiger partial charge is 0.306 e. The van der Waals surface area contributed by atoms with Crippen LogP contribution in [0.25, 0.3) is 0 Å². The Kier molecular flexibility index (Phi) is 3.38. The third-order valence-electron chi connectivity index (χ3n) is 2.98. The van der Waals surface area contributed by atoms with Crippen LogP contribution in [0.4, 0.5) is 0 Å². The largest absolute Gasteiger partial charge is 0.481 e. The van der Waals surface area contributed by atoms with E-state index in [9.17, 15) is 9.59 Å². The van der Waals surface area contributed by atoms with Gasteiger partial charge in [0.25, 0.3) is 5.91 Å². The van der Waals surface area contributed by atoms with Gasteiger partial charge in [-0.1, -0.05) is 0 Å². The first kappa shape index (κ1) is 12.0. The molecule has 1 aromatic rings. The van der Waals surface area contributed by atoms with Crippen LogP contribution in [0.1, 0.15) is 29.6 Å². The van der Waals surface area contributed by atoms with Gasteiger partial charge in [-0.25, -0.2) is 0 Å². The first-order valence-corrected chi connectivity index (χ1v) is 5.72. The first-order chi connectivity index (χ1) is 8.08. The van der Waals surface area contributed by atoms with Crippen LogP contribution in [-0.4, -0.2) is 23.0 Å². The van der Waals surface area contributed by atoms with Gasteiger partial charge in [-0.05, 0) is 36.9 Å². The lowest BCUT2D eigenvalue weighted by Gasteiger charge is -2.11. The number of carboxylic acids is 1. The van der Waals surface area contributed by atoms with Gasteiger partial charge in [0, 0.05) is 6.04 Å². The lowest BCUT2D eigenvalue weighted by atomic mass is 10.1. The summed E-state index contributed by atoms with van der Waals surface area (Å²) in [6, 6.07) is 1.39. The molecule has 0 aliphatic heterocycles. The highest BCUT2D eigenvalue weighted by atomic mass is 35.5. The number of rotatable bonds is 3. The van der Waals surface area contributed by atoms with E-state index in [-0.39, 0.29) is 28.6 Å². The van der Waals surface area contributed by atoms with Crippen molar-refractivity contribution >= 4 is 23.5 Å². The molecule has 1 aromatic heterocycles. The fraction of sp³-hybridized carbons (Fsp3) is 0.455. The van der Waals surface area contributed by atoms with Crippen LogP contribution in [0.5, 0.6) is 0 Å². The predicted octanol–water partition coefficient (Wildman–Crippen LogP) is 1.92. The van der Waals surface area contributed by atoms with Crippen LogP contribution in [0.3, 0.4) is 0 Å². The summed E-state index contributed by atoms with van der Waals surface area (Å²) in [7, 11) is 0. The van der Waals surface area contributed by atoms with E-state index in [1.165, 1.54) is 12.3 Å². The minimum Gasteiger partial charge on any atom is -0.481 e. The molecular weight excluding hydrogens is 246 g/mol. The molecule has 1 fully saturated rings. The van der Waals surface area contributed by atoms with Gasteiger partial charge < -0.3 is 14.8 Å². The van der Waals surface area contributed by atoms with Crippen LogP contribution in [-0.2, 0) is 4.79 Å². The summed E-state index contributed by atoms with van der Waals surface area (Å²) in [4.78, 5) is 22.5. The normalized spacial score (nSPS) is 23.6. The van der Waals surface area contributed by atoms with Crippen LogP contribution in [0.2, 0.25) is 5.22 Å². The topological polar surface area (TPSA) is 79.5 Å². The Balaban J connectivity index is 1.93. The zero-order chi connectivity index (χ0) is 12.4. The number of amides is 1. The van der Waals surface area contributed by atoms with E-state index < -0.39 is 5.97 Å². The van der Waals surface area contributed by atoms with Crippen molar-refractivity contribution in [3.05, 3.63) is 23.1 Å². The molecule has 0 saturated heterocycles. The van der Waals surface area contributed by atoms with Crippen molar-refractivity contribution in [1.29, 1.82) is 0 Å². The highest BCUT2D eigenvalue weighted by Gasteiger charge is 2.31. The maximum absolute atomic E-state index is 11.8. The number of carbonyl (C=O) groups is 2. The molecular formula is C11H12ClNO4. The molecule has 2 rings (SSSR count). The number of carbonyl (C=O) groups excluding carboxylic acids is 1. The summed E-state index contributed by atoms with van der Waals surface area (Å²) in [5.41, 5.74) is 0.283. The second-order valence-electron chi connectivity index (χ2n) is 4.13. The molecule has 1 aliphatic rings. The lowest BCUT2D eigenvalue weighted by molar-refractivity contribution is -0.141. The number of aliphatic carboxylic acids is 1. The monoisotopic (exact) mass is 257 g/mol. The fourth-order valence-electron chi connectivity index (χ4n) is 2.06. The lowest BCUT2D eigenvalue weighted by Crippen LogP contribution is -2.33. The standard InChI is InChI=1S/C11H12ClNO4/c12-9-8(3-4-17-9)10(14)13-7-2-1-6(5-7)11(15)16/h3-4,6-7H,1-2,5H2,(H,13,14)(H,15,16). The van der Waals surface area contributed by atoms with E-state index in [4.69, 9.17) is 21.1 Å². The fourth-order valence-corrected chi connectivity index (χ4v) is 2.26. The van der Waals surface area contributed by atoms with Crippen molar-refractivity contribution in [2.45, 2.75) is 25.3 Å². The van der Waals surface area contributed by atoms with E-state index in [0.717, 1.165) is 0 Å². The summed E-state index contributed by atoms with van der Waals surface area (Å²) < 4.78 is 4.82. The average molecular weight is 258 g/mol. The SMILES string of the molecule is O=C(NC1CCC(C(=O)O)C1)c1ccoc1Cl. The third-order valence-corrected chi connectivity index (χ3v) is 3.27. The molecule has 2 atom stereocenters. The maximum Gasteiger partial charge on any atom is 0.306 e. The van der Waals surface area contributed by atoms with E-state index in [0.29, 0.717) is 19.3 Å². The zero-order valence-corrected chi connectivity index (χ0v) is 9.74. The Hall–Kier alpha value is -1.49. The summed E-state index contributed by atoms with van der Waals surface area (Å²) in [5, 5.41) is 11.7. The van der Waals surface area contributed by atoms with Crippen molar-refractivity contribution in [2.24, 2.45) is 5.92 Å². The summed E-state index contributed by atoms with van der Waals surface area (Å²) in [5.74, 6) is -1.48. The predicted molar refractivity (Wildman–Crippen MR) is 59.9 cm³/mol. The van der Waals surface area contributed by atoms with Crippen molar-refractivity contribution in [2.75, 3.05) is 0 Å². The van der Waals surface area contributed by atoms with E-state index >= 15 is 0 Å². The van der Waals surface area contributed by atoms with Gasteiger partial charge in [0.2, 0.25) is 5.22 Å². The summed E-state index contributed by atoms with van der Waals surface area (Å²) in [6.45, 7) is 0. The molecule has 6 heteroatoms. The zero-order valence-electron chi connectivity index (χ0n) is 8.98. The van der Waals surface area contributed by atoms with E-state index in [1.54, 1.807) is 0 Å². The first-order valence-electron chi connectivity index (χ1n) is 5.34. The Bertz CT molecular complexity index is 442. The van der Waals surface area contributed by atoms with Gasteiger partial charge in [-0.3, -0.25) is 9.59 Å². The average Bonchev–Trinajstić information content (AvgIpc) is 2.86. The molecule has 5 nitrogen and oxygen atoms in total. The highest BCUT2D eigenvalue weighted by molar-refractivity contribution is 6.32. The number of hydrogen-bond donors (Lipinski definition) is 2. The summed E-state index contributed by atoms with van der Waals surface area (Å²) >= 11 is 5.68. The molecule has 1 aliphatic carbocycles. The molecule has 1 amide bonds. The van der Waals surface area contributed by atoms with Crippen molar-refractivity contribution in [3.8, 4) is 0 Å². The van der Waals surface area contributed by atoms with Crippen molar-refractivity contribution in [3.63, 3.8) is 0 Å². The van der Waals surface area contributed by atoms with Crippen LogP contribution < -0.4 is 5.32 Å². The highest BCUT2D eigenvalue weighted by Crippen LogP contribution is 2.26. The van der Waals surface area contributed by atoms with Crippen LogP contribution >= 0.6 is 11.6 Å². The number of carboxylic acid groups (broad SMARTS) is 1. The Morgan fingerprint density at radius 3 is 2.76 bits per heavy atom. The molecule has 1 saturated carbocycles. The molecule has 92 valence electrons. The van der Waals surface area contributed by atoms with Crippen LogP contribution in [0, 0.1) is 5.92 Å². The van der Waals surface area contributed by atoms with Crippen molar-refractivity contribution < 1.29 is 19.1 Å². The molecule has 0 bridgehead atoms. The third kappa shape index (κ3) is 2.61. The quantitative estimate of drug-likeness (QED) is 0.867.